The molecule has 0 saturated heterocycles. The van der Waals surface area contributed by atoms with Gasteiger partial charge in [0.15, 0.2) is 0 Å². The Labute approximate surface area is 89.6 Å². The summed E-state index contributed by atoms with van der Waals surface area (Å²) in [5, 5.41) is 8.92. The lowest BCUT2D eigenvalue weighted by molar-refractivity contribution is 0.716. The van der Waals surface area contributed by atoms with Gasteiger partial charge in [0.2, 0.25) is 0 Å². The minimum atomic E-state index is 0.557. The second-order valence-electron chi connectivity index (χ2n) is 3.28. The molecular formula is C11H14N2S. The van der Waals surface area contributed by atoms with E-state index in [0.29, 0.717) is 10.2 Å². The average molecular weight is 206 g/mol. The maximum Gasteiger partial charge on any atom is 0.121 e. The van der Waals surface area contributed by atoms with Crippen LogP contribution in [0.25, 0.3) is 0 Å². The van der Waals surface area contributed by atoms with Crippen LogP contribution in [0.4, 0.5) is 0 Å². The standard InChI is InChI=1S/C11H14N2S/c1-2-3-4-5-9-6-7-13-11(14)10(9)8-12/h6-7H,2-5H2,1H3,(H,13,14). The van der Waals surface area contributed by atoms with Crippen LogP contribution < -0.4 is 0 Å². The van der Waals surface area contributed by atoms with E-state index in [-0.39, 0.29) is 0 Å². The Morgan fingerprint density at radius 2 is 2.29 bits per heavy atom. The summed E-state index contributed by atoms with van der Waals surface area (Å²) < 4.78 is 0.557. The first kappa shape index (κ1) is 10.9. The van der Waals surface area contributed by atoms with Crippen molar-refractivity contribution in [1.29, 1.82) is 5.26 Å². The average Bonchev–Trinajstić information content (AvgIpc) is 2.18. The first-order valence-corrected chi connectivity index (χ1v) is 5.31. The number of unbranched alkanes of at least 4 members (excludes halogenated alkanes) is 2. The van der Waals surface area contributed by atoms with E-state index >= 15 is 0 Å². The fourth-order valence-electron chi connectivity index (χ4n) is 1.42. The van der Waals surface area contributed by atoms with Crippen LogP contribution >= 0.6 is 12.2 Å². The van der Waals surface area contributed by atoms with Gasteiger partial charge in [-0.25, -0.2) is 0 Å². The molecular weight excluding hydrogens is 192 g/mol. The van der Waals surface area contributed by atoms with Crippen molar-refractivity contribution in [2.75, 3.05) is 0 Å². The van der Waals surface area contributed by atoms with Gasteiger partial charge in [-0.15, -0.1) is 0 Å². The molecule has 1 aromatic rings. The van der Waals surface area contributed by atoms with Gasteiger partial charge in [-0.1, -0.05) is 32.0 Å². The fraction of sp³-hybridized carbons (Fsp3) is 0.455. The molecule has 1 rings (SSSR count). The monoisotopic (exact) mass is 206 g/mol. The zero-order valence-electron chi connectivity index (χ0n) is 8.34. The van der Waals surface area contributed by atoms with E-state index in [2.05, 4.69) is 18.0 Å². The van der Waals surface area contributed by atoms with Crippen LogP contribution in [0.5, 0.6) is 0 Å². The molecule has 0 aromatic carbocycles. The second kappa shape index (κ2) is 5.56. The van der Waals surface area contributed by atoms with Crippen LogP contribution in [0, 0.1) is 16.0 Å². The highest BCUT2D eigenvalue weighted by atomic mass is 32.1. The highest BCUT2D eigenvalue weighted by molar-refractivity contribution is 7.71. The molecule has 1 aromatic heterocycles. The zero-order chi connectivity index (χ0) is 10.4. The van der Waals surface area contributed by atoms with Crippen molar-refractivity contribution in [3.05, 3.63) is 28.0 Å². The van der Waals surface area contributed by atoms with Crippen molar-refractivity contribution >= 4 is 12.2 Å². The Hall–Kier alpha value is -1.14. The number of pyridine rings is 1. The molecule has 0 radical (unpaired) electrons. The molecule has 0 fully saturated rings. The van der Waals surface area contributed by atoms with E-state index in [4.69, 9.17) is 17.5 Å². The summed E-state index contributed by atoms with van der Waals surface area (Å²) in [6.45, 7) is 2.17. The molecule has 0 unspecified atom stereocenters. The van der Waals surface area contributed by atoms with Crippen LogP contribution in [0.3, 0.4) is 0 Å². The summed E-state index contributed by atoms with van der Waals surface area (Å²) in [7, 11) is 0. The van der Waals surface area contributed by atoms with Crippen LogP contribution in [-0.2, 0) is 6.42 Å². The molecule has 0 amide bonds. The second-order valence-corrected chi connectivity index (χ2v) is 3.68. The number of aryl methyl sites for hydroxylation is 1. The van der Waals surface area contributed by atoms with E-state index in [0.717, 1.165) is 18.4 Å². The molecule has 14 heavy (non-hydrogen) atoms. The minimum absolute atomic E-state index is 0.557. The summed E-state index contributed by atoms with van der Waals surface area (Å²) in [5.74, 6) is 0. The van der Waals surface area contributed by atoms with Crippen LogP contribution in [0.15, 0.2) is 12.3 Å². The highest BCUT2D eigenvalue weighted by Crippen LogP contribution is 2.11. The van der Waals surface area contributed by atoms with Crippen molar-refractivity contribution in [3.8, 4) is 6.07 Å². The van der Waals surface area contributed by atoms with Gasteiger partial charge < -0.3 is 4.98 Å². The van der Waals surface area contributed by atoms with Crippen molar-refractivity contribution in [1.82, 2.24) is 4.98 Å². The number of nitrogens with zero attached hydrogens (tertiary/aromatic N) is 1. The number of nitrogens with one attached hydrogen (secondary N) is 1. The van der Waals surface area contributed by atoms with Gasteiger partial charge in [0.1, 0.15) is 10.7 Å². The molecule has 0 aliphatic rings. The van der Waals surface area contributed by atoms with Crippen molar-refractivity contribution in [2.45, 2.75) is 32.6 Å². The van der Waals surface area contributed by atoms with Crippen molar-refractivity contribution in [3.63, 3.8) is 0 Å². The highest BCUT2D eigenvalue weighted by Gasteiger charge is 2.02. The van der Waals surface area contributed by atoms with Gasteiger partial charge in [0, 0.05) is 6.20 Å². The Balaban J connectivity index is 2.82. The van der Waals surface area contributed by atoms with Crippen LogP contribution in [0.2, 0.25) is 0 Å². The Bertz CT molecular complexity index is 387. The maximum atomic E-state index is 8.92. The molecule has 0 saturated carbocycles. The van der Waals surface area contributed by atoms with Gasteiger partial charge in [0.25, 0.3) is 0 Å². The van der Waals surface area contributed by atoms with Gasteiger partial charge in [-0.2, -0.15) is 5.26 Å². The van der Waals surface area contributed by atoms with Gasteiger partial charge >= 0.3 is 0 Å². The van der Waals surface area contributed by atoms with Crippen molar-refractivity contribution < 1.29 is 0 Å². The summed E-state index contributed by atoms with van der Waals surface area (Å²) in [6, 6.07) is 4.10. The summed E-state index contributed by atoms with van der Waals surface area (Å²) in [4.78, 5) is 2.87. The number of aromatic nitrogens is 1. The van der Waals surface area contributed by atoms with Crippen LogP contribution in [0.1, 0.15) is 37.3 Å². The smallest absolute Gasteiger partial charge is 0.121 e. The lowest BCUT2D eigenvalue weighted by atomic mass is 10.0. The summed E-state index contributed by atoms with van der Waals surface area (Å²) >= 11 is 5.04. The van der Waals surface area contributed by atoms with E-state index < -0.39 is 0 Å². The van der Waals surface area contributed by atoms with Crippen molar-refractivity contribution in [2.24, 2.45) is 0 Å². The third-order valence-corrected chi connectivity index (χ3v) is 2.53. The third kappa shape index (κ3) is 2.68. The van der Waals surface area contributed by atoms with Crippen LogP contribution in [-0.4, -0.2) is 4.98 Å². The predicted octanol–water partition coefficient (Wildman–Crippen LogP) is 3.35. The number of hydrogen-bond acceptors (Lipinski definition) is 2. The van der Waals surface area contributed by atoms with Gasteiger partial charge in [-0.05, 0) is 24.5 Å². The lowest BCUT2D eigenvalue weighted by Crippen LogP contribution is -1.93. The van der Waals surface area contributed by atoms with E-state index in [1.54, 1.807) is 0 Å². The maximum absolute atomic E-state index is 8.92. The molecule has 1 heterocycles. The number of H-pyrrole nitrogens is 1. The van der Waals surface area contributed by atoms with E-state index in [1.165, 1.54) is 12.8 Å². The largest absolute Gasteiger partial charge is 0.352 e. The molecule has 0 atom stereocenters. The molecule has 0 bridgehead atoms. The summed E-state index contributed by atoms with van der Waals surface area (Å²) in [5.41, 5.74) is 1.71. The molecule has 3 heteroatoms. The van der Waals surface area contributed by atoms with E-state index in [1.807, 2.05) is 12.3 Å². The SMILES string of the molecule is CCCCCc1cc[nH]c(=S)c1C#N. The Morgan fingerprint density at radius 3 is 2.93 bits per heavy atom. The summed E-state index contributed by atoms with van der Waals surface area (Å²) in [6.07, 6.45) is 6.29. The topological polar surface area (TPSA) is 39.6 Å². The van der Waals surface area contributed by atoms with Gasteiger partial charge in [0.05, 0.1) is 5.56 Å². The molecule has 0 spiro atoms. The normalized spacial score (nSPS) is 9.71. The Kier molecular flexibility index (Phi) is 4.34. The number of hydrogen-bond donors (Lipinski definition) is 1. The van der Waals surface area contributed by atoms with Gasteiger partial charge in [-0.3, -0.25) is 0 Å². The third-order valence-electron chi connectivity index (χ3n) is 2.21. The fourth-order valence-corrected chi connectivity index (χ4v) is 1.66. The first-order chi connectivity index (χ1) is 6.79. The quantitative estimate of drug-likeness (QED) is 0.606. The number of aromatic amines is 1. The number of nitriles is 1. The molecule has 2 nitrogen and oxygen atoms in total. The van der Waals surface area contributed by atoms with E-state index in [9.17, 15) is 0 Å². The number of rotatable bonds is 4. The lowest BCUT2D eigenvalue weighted by Gasteiger charge is -2.02. The molecule has 0 aliphatic heterocycles. The Morgan fingerprint density at radius 1 is 1.50 bits per heavy atom. The molecule has 74 valence electrons. The molecule has 1 N–H and O–H groups in total. The molecule has 0 aliphatic carbocycles. The zero-order valence-corrected chi connectivity index (χ0v) is 9.16. The predicted molar refractivity (Wildman–Crippen MR) is 59.6 cm³/mol. The first-order valence-electron chi connectivity index (χ1n) is 4.90. The minimum Gasteiger partial charge on any atom is -0.352 e.